The number of hydrogen-bond acceptors (Lipinski definition) is 5. The van der Waals surface area contributed by atoms with Crippen LogP contribution in [-0.4, -0.2) is 47.6 Å². The summed E-state index contributed by atoms with van der Waals surface area (Å²) in [7, 11) is -4.29. The Bertz CT molecular complexity index is 1400. The molecule has 1 saturated heterocycles. The Morgan fingerprint density at radius 2 is 1.76 bits per heavy atom. The Kier molecular flexibility index (Phi) is 7.29. The molecule has 0 radical (unpaired) electrons. The number of carbonyl (C=O) groups excluding carboxylic acids is 1. The minimum Gasteiger partial charge on any atom is -0.351 e. The molecule has 0 unspecified atom stereocenters. The summed E-state index contributed by atoms with van der Waals surface area (Å²) in [4.78, 5) is 12.6. The highest BCUT2D eigenvalue weighted by Gasteiger charge is 2.44. The van der Waals surface area contributed by atoms with Crippen LogP contribution in [0.25, 0.3) is 11.3 Å². The van der Waals surface area contributed by atoms with Crippen molar-refractivity contribution in [2.45, 2.75) is 42.9 Å². The maximum Gasteiger partial charge on any atom is 0.288 e. The van der Waals surface area contributed by atoms with Crippen molar-refractivity contribution in [3.8, 4) is 11.3 Å². The zero-order chi connectivity index (χ0) is 27.0. The second kappa shape index (κ2) is 10.1. The van der Waals surface area contributed by atoms with Gasteiger partial charge in [0.25, 0.3) is 5.92 Å². The molecule has 1 amide bonds. The van der Waals surface area contributed by atoms with E-state index in [1.807, 2.05) is 0 Å². The Balaban J connectivity index is 1.50. The molecule has 7 nitrogen and oxygen atoms in total. The molecule has 0 bridgehead atoms. The summed E-state index contributed by atoms with van der Waals surface area (Å²) in [6.07, 6.45) is -1.98. The van der Waals surface area contributed by atoms with Gasteiger partial charge in [-0.3, -0.25) is 4.79 Å². The average Bonchev–Trinajstić information content (AvgIpc) is 3.25. The van der Waals surface area contributed by atoms with Crippen molar-refractivity contribution < 1.29 is 35.2 Å². The highest BCUT2D eigenvalue weighted by Crippen LogP contribution is 2.29. The van der Waals surface area contributed by atoms with Crippen LogP contribution in [0.4, 0.5) is 22.0 Å². The van der Waals surface area contributed by atoms with Crippen molar-refractivity contribution in [2.75, 3.05) is 6.54 Å². The Morgan fingerprint density at radius 3 is 2.38 bits per heavy atom. The van der Waals surface area contributed by atoms with E-state index >= 15 is 0 Å². The smallest absolute Gasteiger partial charge is 0.288 e. The van der Waals surface area contributed by atoms with Crippen molar-refractivity contribution in [3.05, 3.63) is 77.5 Å². The van der Waals surface area contributed by atoms with Gasteiger partial charge in [-0.05, 0) is 60.2 Å². The lowest BCUT2D eigenvalue weighted by Crippen LogP contribution is -2.45. The van der Waals surface area contributed by atoms with Gasteiger partial charge in [-0.15, -0.1) is 5.10 Å². The SMILES string of the molecule is CC(F)(F)c1ccc(-c2cc(F)cc(CNC(=O)[C@@H]3C[C@@H](F)CN3S(=O)(=O)c3ccc(F)cc3)c2)nn1. The topological polar surface area (TPSA) is 92.3 Å². The number of alkyl halides is 3. The van der Waals surface area contributed by atoms with E-state index < -0.39 is 57.9 Å². The van der Waals surface area contributed by atoms with Gasteiger partial charge in [-0.1, -0.05) is 0 Å². The average molecular weight is 541 g/mol. The molecule has 196 valence electrons. The normalized spacial score (nSPS) is 18.6. The summed E-state index contributed by atoms with van der Waals surface area (Å²) in [6.45, 7) is -0.117. The van der Waals surface area contributed by atoms with Gasteiger partial charge in [0.15, 0.2) is 0 Å². The van der Waals surface area contributed by atoms with Gasteiger partial charge < -0.3 is 5.32 Å². The molecule has 2 heterocycles. The second-order valence-corrected chi connectivity index (χ2v) is 10.5. The Hall–Kier alpha value is -3.45. The van der Waals surface area contributed by atoms with Crippen LogP contribution in [0, 0.1) is 11.6 Å². The van der Waals surface area contributed by atoms with Crippen LogP contribution in [-0.2, 0) is 27.3 Å². The van der Waals surface area contributed by atoms with Gasteiger partial charge in [0.2, 0.25) is 15.9 Å². The molecule has 1 fully saturated rings. The fraction of sp³-hybridized carbons (Fsp3) is 0.292. The minimum atomic E-state index is -4.29. The minimum absolute atomic E-state index is 0.118. The van der Waals surface area contributed by atoms with E-state index in [2.05, 4.69) is 15.5 Å². The summed E-state index contributed by atoms with van der Waals surface area (Å²) < 4.78 is 95.1. The quantitative estimate of drug-likeness (QED) is 0.459. The van der Waals surface area contributed by atoms with Crippen LogP contribution in [0.1, 0.15) is 24.6 Å². The number of halogens is 5. The number of amides is 1. The number of rotatable bonds is 7. The van der Waals surface area contributed by atoms with Gasteiger partial charge in [0.1, 0.15) is 29.5 Å². The monoisotopic (exact) mass is 540 g/mol. The summed E-state index contributed by atoms with van der Waals surface area (Å²) >= 11 is 0. The lowest BCUT2D eigenvalue weighted by molar-refractivity contribution is -0.124. The molecule has 2 aromatic carbocycles. The molecule has 0 spiro atoms. The van der Waals surface area contributed by atoms with Gasteiger partial charge in [-0.2, -0.15) is 18.2 Å². The third-order valence-electron chi connectivity index (χ3n) is 5.76. The summed E-state index contributed by atoms with van der Waals surface area (Å²) in [5.41, 5.74) is 0.0430. The van der Waals surface area contributed by atoms with E-state index in [1.54, 1.807) is 0 Å². The molecule has 1 N–H and O–H groups in total. The third kappa shape index (κ3) is 5.93. The van der Waals surface area contributed by atoms with E-state index in [9.17, 15) is 35.2 Å². The first-order chi connectivity index (χ1) is 17.3. The number of hydrogen-bond donors (Lipinski definition) is 1. The first-order valence-electron chi connectivity index (χ1n) is 11.1. The van der Waals surface area contributed by atoms with Crippen LogP contribution >= 0.6 is 0 Å². The number of sulfonamides is 1. The van der Waals surface area contributed by atoms with Gasteiger partial charge in [0.05, 0.1) is 10.6 Å². The van der Waals surface area contributed by atoms with Crippen molar-refractivity contribution in [2.24, 2.45) is 0 Å². The standard InChI is InChI=1S/C24H21F5N4O3S/c1-24(28,29)22-7-6-20(31-32-22)15-8-14(9-17(26)10-15)12-30-23(34)21-11-18(27)13-33(21)37(35,36)19-4-2-16(25)3-5-19/h2-10,18,21H,11-13H2,1H3,(H,30,34)/t18-,21+/m1/s1. The molecule has 3 aromatic rings. The highest BCUT2D eigenvalue weighted by molar-refractivity contribution is 7.89. The van der Waals surface area contributed by atoms with E-state index in [0.29, 0.717) is 6.92 Å². The van der Waals surface area contributed by atoms with Crippen molar-refractivity contribution in [1.29, 1.82) is 0 Å². The summed E-state index contributed by atoms with van der Waals surface area (Å²) in [6, 6.07) is 8.58. The number of nitrogens with one attached hydrogen (secondary N) is 1. The zero-order valence-corrected chi connectivity index (χ0v) is 20.2. The second-order valence-electron chi connectivity index (χ2n) is 8.64. The zero-order valence-electron chi connectivity index (χ0n) is 19.3. The van der Waals surface area contributed by atoms with E-state index in [-0.39, 0.29) is 34.7 Å². The Labute approximate surface area is 209 Å². The largest absolute Gasteiger partial charge is 0.351 e. The summed E-state index contributed by atoms with van der Waals surface area (Å²) in [5.74, 6) is -5.35. The van der Waals surface area contributed by atoms with Crippen molar-refractivity contribution in [1.82, 2.24) is 19.8 Å². The summed E-state index contributed by atoms with van der Waals surface area (Å²) in [5, 5.41) is 9.67. The Morgan fingerprint density at radius 1 is 1.05 bits per heavy atom. The first kappa shape index (κ1) is 26.6. The van der Waals surface area contributed by atoms with Crippen LogP contribution in [0.3, 0.4) is 0 Å². The molecule has 37 heavy (non-hydrogen) atoms. The molecular weight excluding hydrogens is 519 g/mol. The van der Waals surface area contributed by atoms with E-state index in [0.717, 1.165) is 46.8 Å². The molecule has 1 aromatic heterocycles. The maximum atomic E-state index is 14.2. The molecule has 1 aliphatic rings. The predicted octanol–water partition coefficient (Wildman–Crippen LogP) is 3.95. The van der Waals surface area contributed by atoms with Crippen LogP contribution in [0.2, 0.25) is 0 Å². The van der Waals surface area contributed by atoms with Crippen molar-refractivity contribution in [3.63, 3.8) is 0 Å². The van der Waals surface area contributed by atoms with Crippen LogP contribution in [0.15, 0.2) is 59.5 Å². The predicted molar refractivity (Wildman–Crippen MR) is 122 cm³/mol. The third-order valence-corrected chi connectivity index (χ3v) is 7.65. The molecule has 0 aliphatic carbocycles. The highest BCUT2D eigenvalue weighted by atomic mass is 32.2. The fourth-order valence-corrected chi connectivity index (χ4v) is 5.56. The van der Waals surface area contributed by atoms with Gasteiger partial charge in [-0.25, -0.2) is 21.6 Å². The number of aromatic nitrogens is 2. The lowest BCUT2D eigenvalue weighted by Gasteiger charge is -2.23. The maximum absolute atomic E-state index is 14.2. The lowest BCUT2D eigenvalue weighted by atomic mass is 10.1. The fourth-order valence-electron chi connectivity index (χ4n) is 3.93. The van der Waals surface area contributed by atoms with Crippen LogP contribution < -0.4 is 5.32 Å². The van der Waals surface area contributed by atoms with Gasteiger partial charge in [0, 0.05) is 32.0 Å². The van der Waals surface area contributed by atoms with Gasteiger partial charge >= 0.3 is 0 Å². The van der Waals surface area contributed by atoms with E-state index in [1.165, 1.54) is 12.1 Å². The van der Waals surface area contributed by atoms with Crippen LogP contribution in [0.5, 0.6) is 0 Å². The van der Waals surface area contributed by atoms with Crippen molar-refractivity contribution >= 4 is 15.9 Å². The molecular formula is C24H21F5N4O3S. The molecule has 4 rings (SSSR count). The van der Waals surface area contributed by atoms with E-state index in [4.69, 9.17) is 0 Å². The molecule has 0 saturated carbocycles. The first-order valence-corrected chi connectivity index (χ1v) is 12.5. The molecule has 2 atom stereocenters. The number of carbonyl (C=O) groups is 1. The number of nitrogens with zero attached hydrogens (tertiary/aromatic N) is 3. The number of benzene rings is 2. The molecule has 1 aliphatic heterocycles. The molecule has 13 heteroatoms.